The molecule has 25 heavy (non-hydrogen) atoms. The van der Waals surface area contributed by atoms with Crippen molar-refractivity contribution in [2.24, 2.45) is 10.9 Å². The zero-order valence-electron chi connectivity index (χ0n) is 14.4. The average molecular weight is 498 g/mol. The lowest BCUT2D eigenvalue weighted by Crippen LogP contribution is -2.39. The van der Waals surface area contributed by atoms with Crippen molar-refractivity contribution in [3.8, 4) is 0 Å². The maximum Gasteiger partial charge on any atom is 0.191 e. The van der Waals surface area contributed by atoms with Gasteiger partial charge in [-0.25, -0.2) is 0 Å². The van der Waals surface area contributed by atoms with Gasteiger partial charge in [-0.3, -0.25) is 9.67 Å². The van der Waals surface area contributed by atoms with Crippen molar-refractivity contribution in [3.63, 3.8) is 0 Å². The Morgan fingerprint density at radius 1 is 1.44 bits per heavy atom. The molecule has 0 aliphatic carbocycles. The Morgan fingerprint density at radius 3 is 2.84 bits per heavy atom. The van der Waals surface area contributed by atoms with Crippen LogP contribution in [0.4, 0.5) is 0 Å². The van der Waals surface area contributed by atoms with Crippen LogP contribution in [0.25, 0.3) is 0 Å². The van der Waals surface area contributed by atoms with Crippen LogP contribution in [-0.4, -0.2) is 40.5 Å². The lowest BCUT2D eigenvalue weighted by Gasteiger charge is -2.15. The number of nitrogens with zero attached hydrogens (tertiary/aromatic N) is 3. The number of aliphatic imine (C=N–C) groups is 1. The first-order valence-electron chi connectivity index (χ1n) is 8.01. The molecule has 6 nitrogen and oxygen atoms in total. The second kappa shape index (κ2) is 11.7. The van der Waals surface area contributed by atoms with Crippen molar-refractivity contribution in [1.82, 2.24) is 20.4 Å². The van der Waals surface area contributed by atoms with E-state index in [2.05, 4.69) is 27.6 Å². The first-order valence-corrected chi connectivity index (χ1v) is 9.20. The summed E-state index contributed by atoms with van der Waals surface area (Å²) in [6.45, 7) is 6.80. The number of thiophene rings is 1. The van der Waals surface area contributed by atoms with Crippen LogP contribution in [0.2, 0.25) is 4.34 Å². The number of halogens is 2. The molecule has 2 aromatic rings. The molecule has 140 valence electrons. The number of hydrogen-bond donors (Lipinski definition) is 3. The van der Waals surface area contributed by atoms with Crippen LogP contribution >= 0.6 is 46.9 Å². The fourth-order valence-electron chi connectivity index (χ4n) is 2.18. The number of guanidine groups is 1. The molecule has 0 fully saturated rings. The van der Waals surface area contributed by atoms with Gasteiger partial charge in [-0.15, -0.1) is 35.3 Å². The zero-order chi connectivity index (χ0) is 17.4. The van der Waals surface area contributed by atoms with Crippen LogP contribution < -0.4 is 10.6 Å². The molecule has 2 atom stereocenters. The summed E-state index contributed by atoms with van der Waals surface area (Å²) in [5.74, 6) is 1.06. The summed E-state index contributed by atoms with van der Waals surface area (Å²) in [6, 6.07) is 5.55. The van der Waals surface area contributed by atoms with E-state index in [1.54, 1.807) is 12.3 Å². The van der Waals surface area contributed by atoms with Gasteiger partial charge < -0.3 is 15.7 Å². The molecule has 2 rings (SSSR count). The summed E-state index contributed by atoms with van der Waals surface area (Å²) in [5.41, 5.74) is 0. The molecule has 0 saturated heterocycles. The predicted molar refractivity (Wildman–Crippen MR) is 115 cm³/mol. The van der Waals surface area contributed by atoms with E-state index in [-0.39, 0.29) is 24.0 Å². The van der Waals surface area contributed by atoms with Crippen molar-refractivity contribution < 1.29 is 5.11 Å². The summed E-state index contributed by atoms with van der Waals surface area (Å²) < 4.78 is 2.59. The molecule has 0 bridgehead atoms. The van der Waals surface area contributed by atoms with E-state index < -0.39 is 6.10 Å². The normalized spacial score (nSPS) is 13.8. The van der Waals surface area contributed by atoms with Crippen LogP contribution in [0.5, 0.6) is 0 Å². The first kappa shape index (κ1) is 22.2. The summed E-state index contributed by atoms with van der Waals surface area (Å²) in [7, 11) is 0. The second-order valence-electron chi connectivity index (χ2n) is 5.59. The maximum absolute atomic E-state index is 10.2. The third kappa shape index (κ3) is 7.93. The maximum atomic E-state index is 10.2. The second-order valence-corrected chi connectivity index (χ2v) is 7.34. The van der Waals surface area contributed by atoms with Crippen LogP contribution in [0.3, 0.4) is 0 Å². The average Bonchev–Trinajstić information content (AvgIpc) is 3.21. The summed E-state index contributed by atoms with van der Waals surface area (Å²) >= 11 is 7.29. The highest BCUT2D eigenvalue weighted by Crippen LogP contribution is 2.26. The number of aromatic nitrogens is 2. The van der Waals surface area contributed by atoms with E-state index in [1.165, 1.54) is 11.3 Å². The minimum Gasteiger partial charge on any atom is -0.386 e. The van der Waals surface area contributed by atoms with Gasteiger partial charge in [-0.1, -0.05) is 18.5 Å². The molecule has 0 spiro atoms. The Hall–Kier alpha value is -0.840. The molecule has 9 heteroatoms. The molecule has 0 amide bonds. The topological polar surface area (TPSA) is 74.5 Å². The first-order chi connectivity index (χ1) is 11.6. The Bertz CT molecular complexity index is 634. The Kier molecular flexibility index (Phi) is 10.4. The number of hydrogen-bond acceptors (Lipinski definition) is 4. The van der Waals surface area contributed by atoms with E-state index in [0.717, 1.165) is 18.0 Å². The molecule has 2 unspecified atom stereocenters. The molecule has 0 radical (unpaired) electrons. The van der Waals surface area contributed by atoms with Crippen LogP contribution in [0, 0.1) is 5.92 Å². The minimum absolute atomic E-state index is 0. The Morgan fingerprint density at radius 2 is 2.24 bits per heavy atom. The van der Waals surface area contributed by atoms with Gasteiger partial charge in [0.2, 0.25) is 0 Å². The highest BCUT2D eigenvalue weighted by Gasteiger charge is 2.11. The van der Waals surface area contributed by atoms with E-state index in [1.807, 2.05) is 29.9 Å². The van der Waals surface area contributed by atoms with E-state index in [4.69, 9.17) is 11.6 Å². The molecule has 0 aliphatic rings. The number of nitrogens with one attached hydrogen (secondary N) is 2. The van der Waals surface area contributed by atoms with Crippen molar-refractivity contribution >= 4 is 52.9 Å². The molecule has 2 heterocycles. The fraction of sp³-hybridized carbons (Fsp3) is 0.500. The van der Waals surface area contributed by atoms with E-state index in [9.17, 15) is 5.11 Å². The molecule has 2 aromatic heterocycles. The van der Waals surface area contributed by atoms with Crippen molar-refractivity contribution in [1.29, 1.82) is 0 Å². The molecule has 0 aliphatic heterocycles. The van der Waals surface area contributed by atoms with Crippen molar-refractivity contribution in [2.75, 3.05) is 19.6 Å². The van der Waals surface area contributed by atoms with Crippen molar-refractivity contribution in [3.05, 3.63) is 39.8 Å². The fourth-order valence-corrected chi connectivity index (χ4v) is 3.22. The minimum atomic E-state index is -0.604. The third-order valence-corrected chi connectivity index (χ3v) is 4.68. The number of aliphatic hydroxyl groups excluding tert-OH is 1. The van der Waals surface area contributed by atoms with Gasteiger partial charge in [0.05, 0.1) is 4.34 Å². The SMILES string of the molecule is CCNC(=NCC(C)Cn1cccn1)NCC(O)c1ccc(Cl)s1.I. The molecule has 3 N–H and O–H groups in total. The Balaban J connectivity index is 0.00000312. The summed E-state index contributed by atoms with van der Waals surface area (Å²) in [5, 5.41) is 20.8. The lowest BCUT2D eigenvalue weighted by atomic mass is 10.2. The number of rotatable bonds is 8. The standard InChI is InChI=1S/C16H24ClN5OS.HI/c1-3-18-16(19-9-12(2)11-22-8-4-7-21-22)20-10-13(23)14-5-6-15(17)24-14;/h4-8,12-13,23H,3,9-11H2,1-2H3,(H2,18,19,20);1H. The molecule has 0 aromatic carbocycles. The van der Waals surface area contributed by atoms with Crippen LogP contribution in [0.1, 0.15) is 24.8 Å². The van der Waals surface area contributed by atoms with E-state index >= 15 is 0 Å². The number of aliphatic hydroxyl groups is 1. The zero-order valence-corrected chi connectivity index (χ0v) is 18.3. The largest absolute Gasteiger partial charge is 0.386 e. The van der Waals surface area contributed by atoms with Gasteiger partial charge in [0.15, 0.2) is 5.96 Å². The lowest BCUT2D eigenvalue weighted by molar-refractivity contribution is 0.184. The molecular weight excluding hydrogens is 473 g/mol. The Labute approximate surface area is 174 Å². The van der Waals surface area contributed by atoms with Gasteiger partial charge in [-0.05, 0) is 31.0 Å². The highest BCUT2D eigenvalue weighted by atomic mass is 127. The van der Waals surface area contributed by atoms with Crippen LogP contribution in [-0.2, 0) is 6.54 Å². The van der Waals surface area contributed by atoms with Gasteiger partial charge in [-0.2, -0.15) is 5.10 Å². The predicted octanol–water partition coefficient (Wildman–Crippen LogP) is 3.14. The monoisotopic (exact) mass is 497 g/mol. The van der Waals surface area contributed by atoms with Gasteiger partial charge in [0, 0.05) is 43.4 Å². The summed E-state index contributed by atoms with van der Waals surface area (Å²) in [6.07, 6.45) is 3.12. The quantitative estimate of drug-likeness (QED) is 0.298. The van der Waals surface area contributed by atoms with Gasteiger partial charge in [0.1, 0.15) is 6.10 Å². The smallest absolute Gasteiger partial charge is 0.191 e. The summed E-state index contributed by atoms with van der Waals surface area (Å²) in [4.78, 5) is 5.43. The van der Waals surface area contributed by atoms with Gasteiger partial charge >= 0.3 is 0 Å². The van der Waals surface area contributed by atoms with Gasteiger partial charge in [0.25, 0.3) is 0 Å². The third-order valence-electron chi connectivity index (χ3n) is 3.35. The molecule has 0 saturated carbocycles. The molecular formula is C16H25ClIN5OS. The van der Waals surface area contributed by atoms with E-state index in [0.29, 0.717) is 29.3 Å². The van der Waals surface area contributed by atoms with Crippen molar-refractivity contribution in [2.45, 2.75) is 26.5 Å². The highest BCUT2D eigenvalue weighted by molar-refractivity contribution is 14.0. The van der Waals surface area contributed by atoms with Crippen LogP contribution in [0.15, 0.2) is 35.6 Å².